The maximum absolute atomic E-state index is 13.9. The molecule has 2 aromatic rings. The number of rotatable bonds is 3. The van der Waals surface area contributed by atoms with Gasteiger partial charge in [-0.1, -0.05) is 12.1 Å². The number of hydrogen-bond donors (Lipinski definition) is 1. The van der Waals surface area contributed by atoms with Crippen LogP contribution >= 0.6 is 15.9 Å². The highest BCUT2D eigenvalue weighted by atomic mass is 79.9. The number of hydrogen-bond acceptors (Lipinski definition) is 2. The molecule has 0 aliphatic rings. The van der Waals surface area contributed by atoms with Gasteiger partial charge in [0.15, 0.2) is 0 Å². The summed E-state index contributed by atoms with van der Waals surface area (Å²) in [5, 5.41) is 14.4. The van der Waals surface area contributed by atoms with Gasteiger partial charge in [-0.15, -0.1) is 0 Å². The monoisotopic (exact) mass is 312 g/mol. The molecule has 0 fully saturated rings. The predicted molar refractivity (Wildman–Crippen MR) is 70.8 cm³/mol. The lowest BCUT2D eigenvalue weighted by Gasteiger charge is -2.17. The molecule has 0 saturated heterocycles. The molecular formula is C13H14BrFN2O. The summed E-state index contributed by atoms with van der Waals surface area (Å²) in [4.78, 5) is 0. The number of aliphatic hydroxyl groups excluding tert-OH is 1. The summed E-state index contributed by atoms with van der Waals surface area (Å²) in [7, 11) is 0. The van der Waals surface area contributed by atoms with E-state index in [1.807, 2.05) is 13.8 Å². The van der Waals surface area contributed by atoms with Crippen LogP contribution in [0.15, 0.2) is 34.9 Å². The average Bonchev–Trinajstić information content (AvgIpc) is 2.81. The highest BCUT2D eigenvalue weighted by Crippen LogP contribution is 2.29. The molecule has 2 rings (SSSR count). The molecular weight excluding hydrogens is 299 g/mol. The maximum Gasteiger partial charge on any atom is 0.143 e. The molecule has 0 aliphatic heterocycles. The summed E-state index contributed by atoms with van der Waals surface area (Å²) in [6.45, 7) is 3.92. The van der Waals surface area contributed by atoms with E-state index in [1.165, 1.54) is 0 Å². The topological polar surface area (TPSA) is 38.0 Å². The van der Waals surface area contributed by atoms with Crippen molar-refractivity contribution in [1.29, 1.82) is 0 Å². The summed E-state index contributed by atoms with van der Waals surface area (Å²) in [6, 6.07) is 6.68. The molecule has 0 spiro atoms. The maximum atomic E-state index is 13.9. The molecule has 5 heteroatoms. The Morgan fingerprint density at radius 3 is 2.72 bits per heavy atom. The van der Waals surface area contributed by atoms with E-state index in [9.17, 15) is 9.50 Å². The van der Waals surface area contributed by atoms with Crippen LogP contribution in [-0.2, 0) is 0 Å². The molecule has 1 heterocycles. The van der Waals surface area contributed by atoms with Crippen LogP contribution in [0.25, 0.3) is 0 Å². The molecule has 96 valence electrons. The second-order valence-electron chi connectivity index (χ2n) is 4.34. The average molecular weight is 313 g/mol. The van der Waals surface area contributed by atoms with Crippen LogP contribution in [0.4, 0.5) is 4.39 Å². The van der Waals surface area contributed by atoms with Gasteiger partial charge in [-0.25, -0.2) is 4.39 Å². The Hall–Kier alpha value is -1.20. The fraction of sp³-hybridized carbons (Fsp3) is 0.308. The van der Waals surface area contributed by atoms with Crippen LogP contribution < -0.4 is 0 Å². The van der Waals surface area contributed by atoms with Gasteiger partial charge in [0, 0.05) is 17.8 Å². The Kier molecular flexibility index (Phi) is 3.82. The molecule has 0 bridgehead atoms. The summed E-state index contributed by atoms with van der Waals surface area (Å²) in [5.74, 6) is -0.443. The Bertz CT molecular complexity index is 554. The van der Waals surface area contributed by atoms with E-state index in [2.05, 4.69) is 21.0 Å². The van der Waals surface area contributed by atoms with Crippen molar-refractivity contribution >= 4 is 15.9 Å². The molecule has 1 N–H and O–H groups in total. The number of aliphatic hydroxyl groups is 1. The Morgan fingerprint density at radius 1 is 1.33 bits per heavy atom. The van der Waals surface area contributed by atoms with Crippen molar-refractivity contribution in [3.8, 4) is 0 Å². The normalized spacial score (nSPS) is 13.0. The molecule has 1 aromatic carbocycles. The number of benzene rings is 1. The summed E-state index contributed by atoms with van der Waals surface area (Å²) < 4.78 is 16.0. The van der Waals surface area contributed by atoms with Gasteiger partial charge in [0.1, 0.15) is 11.9 Å². The lowest BCUT2D eigenvalue weighted by molar-refractivity contribution is 0.200. The van der Waals surface area contributed by atoms with E-state index >= 15 is 0 Å². The van der Waals surface area contributed by atoms with Crippen molar-refractivity contribution in [1.82, 2.24) is 9.78 Å². The molecule has 0 saturated carbocycles. The molecule has 0 aliphatic carbocycles. The van der Waals surface area contributed by atoms with Gasteiger partial charge in [0.05, 0.1) is 10.2 Å². The first kappa shape index (κ1) is 13.2. The van der Waals surface area contributed by atoms with Crippen molar-refractivity contribution in [2.24, 2.45) is 0 Å². The third-order valence-electron chi connectivity index (χ3n) is 2.75. The first-order chi connectivity index (χ1) is 8.52. The van der Waals surface area contributed by atoms with Crippen molar-refractivity contribution in [2.75, 3.05) is 0 Å². The highest BCUT2D eigenvalue weighted by molar-refractivity contribution is 9.10. The van der Waals surface area contributed by atoms with Crippen LogP contribution in [0, 0.1) is 5.82 Å². The van der Waals surface area contributed by atoms with Crippen LogP contribution in [0.5, 0.6) is 0 Å². The highest BCUT2D eigenvalue weighted by Gasteiger charge is 2.20. The quantitative estimate of drug-likeness (QED) is 0.942. The van der Waals surface area contributed by atoms with E-state index in [0.29, 0.717) is 10.2 Å². The third kappa shape index (κ3) is 2.33. The third-order valence-corrected chi connectivity index (χ3v) is 3.36. The van der Waals surface area contributed by atoms with E-state index in [1.54, 1.807) is 35.1 Å². The lowest BCUT2D eigenvalue weighted by atomic mass is 10.1. The largest absolute Gasteiger partial charge is 0.382 e. The first-order valence-electron chi connectivity index (χ1n) is 5.67. The number of halogens is 2. The van der Waals surface area contributed by atoms with Gasteiger partial charge in [0.25, 0.3) is 0 Å². The van der Waals surface area contributed by atoms with Crippen molar-refractivity contribution in [2.45, 2.75) is 26.0 Å². The van der Waals surface area contributed by atoms with Crippen molar-refractivity contribution < 1.29 is 9.50 Å². The van der Waals surface area contributed by atoms with E-state index in [-0.39, 0.29) is 11.6 Å². The minimum absolute atomic E-state index is 0.111. The summed E-state index contributed by atoms with van der Waals surface area (Å²) in [5.41, 5.74) is 0.828. The SMILES string of the molecule is CC(C)n1nccc1C(O)c1cccc(Br)c1F. The molecule has 1 unspecified atom stereocenters. The van der Waals surface area contributed by atoms with Crippen LogP contribution in [0.3, 0.4) is 0 Å². The van der Waals surface area contributed by atoms with Crippen LogP contribution in [0.1, 0.15) is 37.3 Å². The fourth-order valence-electron chi connectivity index (χ4n) is 1.86. The van der Waals surface area contributed by atoms with Gasteiger partial charge >= 0.3 is 0 Å². The molecule has 0 amide bonds. The van der Waals surface area contributed by atoms with E-state index < -0.39 is 11.9 Å². The zero-order valence-corrected chi connectivity index (χ0v) is 11.7. The first-order valence-corrected chi connectivity index (χ1v) is 6.47. The number of nitrogens with zero attached hydrogens (tertiary/aromatic N) is 2. The van der Waals surface area contributed by atoms with E-state index in [0.717, 1.165) is 0 Å². The van der Waals surface area contributed by atoms with Crippen molar-refractivity contribution in [3.05, 3.63) is 52.0 Å². The van der Waals surface area contributed by atoms with Crippen LogP contribution in [-0.4, -0.2) is 14.9 Å². The Morgan fingerprint density at radius 2 is 2.06 bits per heavy atom. The fourth-order valence-corrected chi connectivity index (χ4v) is 2.24. The smallest absolute Gasteiger partial charge is 0.143 e. The molecule has 1 atom stereocenters. The standard InChI is InChI=1S/C13H14BrFN2O/c1-8(2)17-11(6-7-16-17)13(18)9-4-3-5-10(14)12(9)15/h3-8,13,18H,1-2H3. The zero-order chi connectivity index (χ0) is 13.3. The molecule has 1 aromatic heterocycles. The Balaban J connectivity index is 2.45. The molecule has 0 radical (unpaired) electrons. The molecule has 18 heavy (non-hydrogen) atoms. The Labute approximate surface area is 113 Å². The minimum atomic E-state index is -1.02. The van der Waals surface area contributed by atoms with Gasteiger partial charge < -0.3 is 5.11 Å². The summed E-state index contributed by atoms with van der Waals surface area (Å²) in [6.07, 6.45) is 0.585. The van der Waals surface area contributed by atoms with Crippen molar-refractivity contribution in [3.63, 3.8) is 0 Å². The van der Waals surface area contributed by atoms with Gasteiger partial charge in [-0.3, -0.25) is 4.68 Å². The second kappa shape index (κ2) is 5.20. The zero-order valence-electron chi connectivity index (χ0n) is 10.1. The van der Waals surface area contributed by atoms with Gasteiger partial charge in [-0.2, -0.15) is 5.10 Å². The minimum Gasteiger partial charge on any atom is -0.382 e. The van der Waals surface area contributed by atoms with Gasteiger partial charge in [-0.05, 0) is 41.9 Å². The van der Waals surface area contributed by atoms with Gasteiger partial charge in [0.2, 0.25) is 0 Å². The number of aromatic nitrogens is 2. The second-order valence-corrected chi connectivity index (χ2v) is 5.19. The van der Waals surface area contributed by atoms with Crippen LogP contribution in [0.2, 0.25) is 0 Å². The van der Waals surface area contributed by atoms with E-state index in [4.69, 9.17) is 0 Å². The lowest BCUT2D eigenvalue weighted by Crippen LogP contribution is -2.13. The molecule has 3 nitrogen and oxygen atoms in total. The predicted octanol–water partition coefficient (Wildman–Crippen LogP) is 3.45. The summed E-state index contributed by atoms with van der Waals surface area (Å²) >= 11 is 3.12.